The van der Waals surface area contributed by atoms with Gasteiger partial charge in [-0.05, 0) is 43.3 Å². The van der Waals surface area contributed by atoms with E-state index in [2.05, 4.69) is 5.32 Å². The van der Waals surface area contributed by atoms with Crippen LogP contribution in [0.3, 0.4) is 0 Å². The predicted octanol–water partition coefficient (Wildman–Crippen LogP) is 2.63. The topological polar surface area (TPSA) is 100 Å². The summed E-state index contributed by atoms with van der Waals surface area (Å²) >= 11 is 0. The van der Waals surface area contributed by atoms with E-state index in [4.69, 9.17) is 14.7 Å². The number of benzene rings is 2. The molecule has 1 aliphatic heterocycles. The monoisotopic (exact) mass is 371 g/mol. The van der Waals surface area contributed by atoms with Crippen molar-refractivity contribution in [3.8, 4) is 11.5 Å². The Kier molecular flexibility index (Phi) is 5.46. The number of rotatable bonds is 3. The van der Waals surface area contributed by atoms with Crippen molar-refractivity contribution in [2.24, 2.45) is 0 Å². The number of carbonyl (C=O) groups excluding carboxylic acids is 2. The van der Waals surface area contributed by atoms with Crippen molar-refractivity contribution in [3.05, 3.63) is 53.6 Å². The van der Waals surface area contributed by atoms with E-state index in [0.29, 0.717) is 30.3 Å². The molecule has 27 heavy (non-hydrogen) atoms. The third-order valence-electron chi connectivity index (χ3n) is 4.23. The van der Waals surface area contributed by atoms with E-state index in [1.807, 2.05) is 6.92 Å². The molecule has 3 rings (SSSR count). The van der Waals surface area contributed by atoms with Gasteiger partial charge in [0.2, 0.25) is 0 Å². The molecule has 0 saturated heterocycles. The number of nitrogens with one attached hydrogen (secondary N) is 2. The second kappa shape index (κ2) is 7.96. The van der Waals surface area contributed by atoms with Gasteiger partial charge in [-0.25, -0.2) is 10.3 Å². The van der Waals surface area contributed by atoms with E-state index >= 15 is 0 Å². The minimum absolute atomic E-state index is 0.249. The highest BCUT2D eigenvalue weighted by Crippen LogP contribution is 2.27. The van der Waals surface area contributed by atoms with Crippen molar-refractivity contribution >= 4 is 17.6 Å². The van der Waals surface area contributed by atoms with Gasteiger partial charge in [0.25, 0.3) is 5.91 Å². The third kappa shape index (κ3) is 4.29. The lowest BCUT2D eigenvalue weighted by Crippen LogP contribution is -2.38. The molecule has 1 atom stereocenters. The molecule has 0 aliphatic carbocycles. The number of fused-ring (bicyclic) bond motifs is 1. The van der Waals surface area contributed by atoms with Crippen LogP contribution in [0.25, 0.3) is 0 Å². The Morgan fingerprint density at radius 2 is 1.96 bits per heavy atom. The fraction of sp³-hybridized carbons (Fsp3) is 0.263. The first-order chi connectivity index (χ1) is 13.0. The van der Waals surface area contributed by atoms with Crippen molar-refractivity contribution in [3.63, 3.8) is 0 Å². The Balaban J connectivity index is 1.76. The van der Waals surface area contributed by atoms with Crippen LogP contribution in [0.1, 0.15) is 22.8 Å². The lowest BCUT2D eigenvalue weighted by Gasteiger charge is -2.22. The van der Waals surface area contributed by atoms with Gasteiger partial charge < -0.3 is 19.7 Å². The van der Waals surface area contributed by atoms with E-state index < -0.39 is 5.91 Å². The summed E-state index contributed by atoms with van der Waals surface area (Å²) in [5.74, 6) is 0.609. The maximum atomic E-state index is 12.7. The normalized spacial score (nSPS) is 15.8. The molecule has 8 heteroatoms. The van der Waals surface area contributed by atoms with Gasteiger partial charge in [0.1, 0.15) is 17.6 Å². The summed E-state index contributed by atoms with van der Waals surface area (Å²) in [6.07, 6.45) is -0.264. The highest BCUT2D eigenvalue weighted by atomic mass is 16.5. The van der Waals surface area contributed by atoms with Gasteiger partial charge in [0.05, 0.1) is 20.2 Å². The van der Waals surface area contributed by atoms with Crippen LogP contribution in [0.5, 0.6) is 11.5 Å². The molecule has 142 valence electrons. The average molecular weight is 371 g/mol. The van der Waals surface area contributed by atoms with E-state index in [-0.39, 0.29) is 17.7 Å². The summed E-state index contributed by atoms with van der Waals surface area (Å²) in [5.41, 5.74) is 3.31. The van der Waals surface area contributed by atoms with Crippen molar-refractivity contribution in [1.82, 2.24) is 10.4 Å². The number of nitrogens with zero attached hydrogens (tertiary/aromatic N) is 1. The lowest BCUT2D eigenvalue weighted by molar-refractivity contribution is 0.0705. The van der Waals surface area contributed by atoms with Crippen LogP contribution in [0.15, 0.2) is 42.5 Å². The molecule has 1 unspecified atom stereocenters. The van der Waals surface area contributed by atoms with Crippen LogP contribution in [0.4, 0.5) is 10.5 Å². The molecule has 8 nitrogen and oxygen atoms in total. The Morgan fingerprint density at radius 1 is 1.22 bits per heavy atom. The highest BCUT2D eigenvalue weighted by Gasteiger charge is 2.24. The van der Waals surface area contributed by atoms with E-state index in [1.54, 1.807) is 60.0 Å². The number of hydrogen-bond donors (Lipinski definition) is 3. The average Bonchev–Trinajstić information content (AvgIpc) is 2.85. The number of hydrogen-bond acceptors (Lipinski definition) is 5. The summed E-state index contributed by atoms with van der Waals surface area (Å²) in [6.45, 7) is 2.57. The van der Waals surface area contributed by atoms with Crippen molar-refractivity contribution in [2.45, 2.75) is 19.6 Å². The van der Waals surface area contributed by atoms with E-state index in [9.17, 15) is 9.59 Å². The fourth-order valence-corrected chi connectivity index (χ4v) is 2.87. The summed E-state index contributed by atoms with van der Waals surface area (Å²) in [7, 11) is 1.58. The summed E-state index contributed by atoms with van der Waals surface area (Å²) < 4.78 is 11.0. The van der Waals surface area contributed by atoms with Gasteiger partial charge in [0.15, 0.2) is 0 Å². The number of ether oxygens (including phenoxy) is 2. The molecule has 3 N–H and O–H groups in total. The molecular formula is C19H21N3O5. The smallest absolute Gasteiger partial charge is 0.322 e. The summed E-state index contributed by atoms with van der Waals surface area (Å²) in [4.78, 5) is 25.9. The van der Waals surface area contributed by atoms with Gasteiger partial charge in [-0.15, -0.1) is 0 Å². The zero-order chi connectivity index (χ0) is 19.4. The fourth-order valence-electron chi connectivity index (χ4n) is 2.87. The molecule has 2 aromatic rings. The first-order valence-corrected chi connectivity index (χ1v) is 8.44. The molecule has 0 aromatic heterocycles. The highest BCUT2D eigenvalue weighted by molar-refractivity contribution is 5.94. The molecule has 1 heterocycles. The zero-order valence-corrected chi connectivity index (χ0v) is 15.1. The number of carbonyl (C=O) groups is 2. The zero-order valence-electron chi connectivity index (χ0n) is 15.1. The molecule has 0 radical (unpaired) electrons. The SMILES string of the molecule is COc1ccc(NC(=O)N2Cc3ccc(C(=O)NO)cc3OC(C)C2)cc1. The summed E-state index contributed by atoms with van der Waals surface area (Å²) in [6, 6.07) is 11.7. The minimum Gasteiger partial charge on any atom is -0.497 e. The van der Waals surface area contributed by atoms with Crippen molar-refractivity contribution in [1.29, 1.82) is 0 Å². The standard InChI is InChI=1S/C19H21N3O5/c1-12-10-22(19(24)20-15-5-7-16(26-2)8-6-15)11-14-4-3-13(18(23)21-25)9-17(14)27-12/h3-9,12,25H,10-11H2,1-2H3,(H,20,24)(H,21,23). The van der Waals surface area contributed by atoms with E-state index in [1.165, 1.54) is 0 Å². The number of methoxy groups -OCH3 is 1. The lowest BCUT2D eigenvalue weighted by atomic mass is 10.1. The van der Waals surface area contributed by atoms with Crippen molar-refractivity contribution in [2.75, 3.05) is 19.0 Å². The maximum Gasteiger partial charge on any atom is 0.322 e. The molecule has 2 aromatic carbocycles. The van der Waals surface area contributed by atoms with Gasteiger partial charge >= 0.3 is 6.03 Å². The number of anilines is 1. The van der Waals surface area contributed by atoms with Crippen LogP contribution < -0.4 is 20.3 Å². The molecule has 0 fully saturated rings. The molecule has 0 saturated carbocycles. The minimum atomic E-state index is -0.618. The number of urea groups is 1. The van der Waals surface area contributed by atoms with Crippen LogP contribution >= 0.6 is 0 Å². The van der Waals surface area contributed by atoms with Gasteiger partial charge in [-0.3, -0.25) is 10.0 Å². The Bertz CT molecular complexity index is 838. The van der Waals surface area contributed by atoms with Crippen LogP contribution in [-0.4, -0.2) is 41.8 Å². The molecule has 0 spiro atoms. The molecule has 1 aliphatic rings. The quantitative estimate of drug-likeness (QED) is 0.569. The first-order valence-electron chi connectivity index (χ1n) is 8.44. The van der Waals surface area contributed by atoms with Crippen LogP contribution in [-0.2, 0) is 6.54 Å². The maximum absolute atomic E-state index is 12.7. The predicted molar refractivity (Wildman–Crippen MR) is 98.2 cm³/mol. The van der Waals surface area contributed by atoms with Crippen LogP contribution in [0.2, 0.25) is 0 Å². The second-order valence-corrected chi connectivity index (χ2v) is 6.23. The Morgan fingerprint density at radius 3 is 2.63 bits per heavy atom. The molecular weight excluding hydrogens is 350 g/mol. The van der Waals surface area contributed by atoms with E-state index in [0.717, 1.165) is 5.56 Å². The van der Waals surface area contributed by atoms with Crippen LogP contribution in [0, 0.1) is 0 Å². The van der Waals surface area contributed by atoms with Gasteiger partial charge in [-0.2, -0.15) is 0 Å². The van der Waals surface area contributed by atoms with Gasteiger partial charge in [0, 0.05) is 16.8 Å². The number of hydroxylamine groups is 1. The summed E-state index contributed by atoms with van der Waals surface area (Å²) in [5, 5.41) is 11.6. The second-order valence-electron chi connectivity index (χ2n) is 6.23. The number of amides is 3. The van der Waals surface area contributed by atoms with Crippen molar-refractivity contribution < 1.29 is 24.3 Å². The molecule has 3 amide bonds. The molecule has 0 bridgehead atoms. The first kappa shape index (κ1) is 18.5. The third-order valence-corrected chi connectivity index (χ3v) is 4.23. The van der Waals surface area contributed by atoms with Gasteiger partial charge in [-0.1, -0.05) is 6.07 Å². The Hall–Kier alpha value is -3.26. The Labute approximate surface area is 156 Å². The largest absolute Gasteiger partial charge is 0.497 e.